The first kappa shape index (κ1) is 14.6. The van der Waals surface area contributed by atoms with Gasteiger partial charge in [0.25, 0.3) is 5.69 Å². The third kappa shape index (κ3) is 4.06. The Balaban J connectivity index is 2.07. The minimum atomic E-state index is -0.455. The van der Waals surface area contributed by atoms with Gasteiger partial charge in [0.2, 0.25) is 0 Å². The molecule has 0 unspecified atom stereocenters. The van der Waals surface area contributed by atoms with Crippen LogP contribution in [0.1, 0.15) is 11.1 Å². The molecule has 0 spiro atoms. The van der Waals surface area contributed by atoms with Gasteiger partial charge >= 0.3 is 0 Å². The Morgan fingerprint density at radius 3 is 2.52 bits per heavy atom. The van der Waals surface area contributed by atoms with Crippen LogP contribution in [0.2, 0.25) is 0 Å². The first-order valence-electron chi connectivity index (χ1n) is 6.25. The molecule has 0 aliphatic rings. The SMILES string of the molecule is O=[N+]([O-])c1ccc(OCc2ccccc2C#CCO)cc1. The predicted octanol–water partition coefficient (Wildman–Crippen LogP) is 2.52. The molecule has 0 saturated carbocycles. The van der Waals surface area contributed by atoms with E-state index < -0.39 is 4.92 Å². The number of rotatable bonds is 4. The van der Waals surface area contributed by atoms with Crippen LogP contribution in [0.15, 0.2) is 48.5 Å². The molecule has 0 saturated heterocycles. The number of aliphatic hydroxyl groups is 1. The fraction of sp³-hybridized carbons (Fsp3) is 0.125. The van der Waals surface area contributed by atoms with E-state index in [9.17, 15) is 10.1 Å². The van der Waals surface area contributed by atoms with Crippen molar-refractivity contribution in [2.45, 2.75) is 6.61 Å². The monoisotopic (exact) mass is 283 g/mol. The number of nitro groups is 1. The van der Waals surface area contributed by atoms with E-state index >= 15 is 0 Å². The van der Waals surface area contributed by atoms with Gasteiger partial charge in [-0.3, -0.25) is 10.1 Å². The lowest BCUT2D eigenvalue weighted by molar-refractivity contribution is -0.384. The standard InChI is InChI=1S/C16H13NO4/c18-11-3-6-13-4-1-2-5-14(13)12-21-16-9-7-15(8-10-16)17(19)20/h1-2,4-5,7-10,18H,11-12H2. The summed E-state index contributed by atoms with van der Waals surface area (Å²) in [5.74, 6) is 6.00. The highest BCUT2D eigenvalue weighted by atomic mass is 16.6. The number of nitrogens with zero attached hydrogens (tertiary/aromatic N) is 1. The third-order valence-corrected chi connectivity index (χ3v) is 2.76. The van der Waals surface area contributed by atoms with Crippen molar-refractivity contribution in [2.24, 2.45) is 0 Å². The Hall–Kier alpha value is -2.84. The summed E-state index contributed by atoms with van der Waals surface area (Å²) < 4.78 is 5.59. The van der Waals surface area contributed by atoms with Crippen molar-refractivity contribution < 1.29 is 14.8 Å². The summed E-state index contributed by atoms with van der Waals surface area (Å²) in [7, 11) is 0. The molecule has 0 bridgehead atoms. The summed E-state index contributed by atoms with van der Waals surface area (Å²) in [5, 5.41) is 19.3. The van der Waals surface area contributed by atoms with Gasteiger partial charge in [0.15, 0.2) is 0 Å². The Morgan fingerprint density at radius 1 is 1.14 bits per heavy atom. The number of aliphatic hydroxyl groups excluding tert-OH is 1. The van der Waals surface area contributed by atoms with E-state index in [1.165, 1.54) is 12.1 Å². The molecule has 106 valence electrons. The summed E-state index contributed by atoms with van der Waals surface area (Å²) in [6, 6.07) is 13.4. The largest absolute Gasteiger partial charge is 0.489 e. The van der Waals surface area contributed by atoms with Crippen molar-refractivity contribution in [1.29, 1.82) is 0 Å². The number of nitro benzene ring substituents is 1. The van der Waals surface area contributed by atoms with Gasteiger partial charge in [-0.05, 0) is 18.2 Å². The fourth-order valence-electron chi connectivity index (χ4n) is 1.73. The Kier molecular flexibility index (Phi) is 4.91. The molecule has 2 aromatic carbocycles. The van der Waals surface area contributed by atoms with Crippen molar-refractivity contribution in [3.8, 4) is 17.6 Å². The van der Waals surface area contributed by atoms with Gasteiger partial charge in [0.1, 0.15) is 19.0 Å². The lowest BCUT2D eigenvalue weighted by Gasteiger charge is -2.07. The second kappa shape index (κ2) is 7.08. The smallest absolute Gasteiger partial charge is 0.269 e. The zero-order chi connectivity index (χ0) is 15.1. The van der Waals surface area contributed by atoms with Crippen LogP contribution in [0.5, 0.6) is 5.75 Å². The van der Waals surface area contributed by atoms with E-state index in [4.69, 9.17) is 9.84 Å². The van der Waals surface area contributed by atoms with E-state index in [1.54, 1.807) is 12.1 Å². The van der Waals surface area contributed by atoms with Gasteiger partial charge in [-0.25, -0.2) is 0 Å². The highest BCUT2D eigenvalue weighted by molar-refractivity contribution is 5.41. The maximum atomic E-state index is 10.6. The maximum Gasteiger partial charge on any atom is 0.269 e. The van der Waals surface area contributed by atoms with Crippen molar-refractivity contribution >= 4 is 5.69 Å². The molecule has 0 atom stereocenters. The summed E-state index contributed by atoms with van der Waals surface area (Å²) in [5.41, 5.74) is 1.70. The minimum Gasteiger partial charge on any atom is -0.489 e. The molecule has 0 fully saturated rings. The predicted molar refractivity (Wildman–Crippen MR) is 77.8 cm³/mol. The first-order chi connectivity index (χ1) is 10.2. The summed E-state index contributed by atoms with van der Waals surface area (Å²) in [6.07, 6.45) is 0. The van der Waals surface area contributed by atoms with Crippen molar-refractivity contribution in [3.05, 3.63) is 69.8 Å². The van der Waals surface area contributed by atoms with Gasteiger partial charge in [0, 0.05) is 23.3 Å². The Bertz CT molecular complexity index is 683. The molecule has 21 heavy (non-hydrogen) atoms. The third-order valence-electron chi connectivity index (χ3n) is 2.76. The molecule has 0 aromatic heterocycles. The van der Waals surface area contributed by atoms with Crippen LogP contribution in [0.4, 0.5) is 5.69 Å². The molecular formula is C16H13NO4. The number of non-ortho nitro benzene ring substituents is 1. The van der Waals surface area contributed by atoms with Crippen molar-refractivity contribution in [3.63, 3.8) is 0 Å². The highest BCUT2D eigenvalue weighted by Gasteiger charge is 2.05. The molecule has 2 aromatic rings. The van der Waals surface area contributed by atoms with E-state index in [2.05, 4.69) is 11.8 Å². The molecule has 2 rings (SSSR count). The van der Waals surface area contributed by atoms with Crippen LogP contribution < -0.4 is 4.74 Å². The zero-order valence-electron chi connectivity index (χ0n) is 11.2. The molecule has 1 N–H and O–H groups in total. The molecule has 0 amide bonds. The van der Waals surface area contributed by atoms with E-state index in [-0.39, 0.29) is 12.3 Å². The summed E-state index contributed by atoms with van der Waals surface area (Å²) in [6.45, 7) is 0.103. The average Bonchev–Trinajstić information content (AvgIpc) is 2.52. The molecule has 0 aliphatic heterocycles. The van der Waals surface area contributed by atoms with Crippen molar-refractivity contribution in [1.82, 2.24) is 0 Å². The summed E-state index contributed by atoms with van der Waals surface area (Å²) in [4.78, 5) is 10.1. The second-order valence-electron chi connectivity index (χ2n) is 4.16. The Morgan fingerprint density at radius 2 is 1.86 bits per heavy atom. The van der Waals surface area contributed by atoms with Gasteiger partial charge in [-0.2, -0.15) is 0 Å². The maximum absolute atomic E-state index is 10.6. The van der Waals surface area contributed by atoms with Crippen LogP contribution in [-0.2, 0) is 6.61 Å². The molecule has 0 radical (unpaired) electrons. The normalized spacial score (nSPS) is 9.57. The van der Waals surface area contributed by atoms with Crippen LogP contribution in [0.3, 0.4) is 0 Å². The van der Waals surface area contributed by atoms with Crippen molar-refractivity contribution in [2.75, 3.05) is 6.61 Å². The molecular weight excluding hydrogens is 270 g/mol. The number of hydrogen-bond acceptors (Lipinski definition) is 4. The van der Waals surface area contributed by atoms with Crippen LogP contribution in [0, 0.1) is 22.0 Å². The van der Waals surface area contributed by atoms with Crippen LogP contribution in [-0.4, -0.2) is 16.6 Å². The second-order valence-corrected chi connectivity index (χ2v) is 4.16. The van der Waals surface area contributed by atoms with Gasteiger partial charge < -0.3 is 9.84 Å². The number of benzene rings is 2. The van der Waals surface area contributed by atoms with E-state index in [0.717, 1.165) is 11.1 Å². The van der Waals surface area contributed by atoms with E-state index in [1.807, 2.05) is 24.3 Å². The lowest BCUT2D eigenvalue weighted by Crippen LogP contribution is -1.98. The number of ether oxygens (including phenoxy) is 1. The molecule has 5 heteroatoms. The highest BCUT2D eigenvalue weighted by Crippen LogP contribution is 2.19. The average molecular weight is 283 g/mol. The van der Waals surface area contributed by atoms with Crippen LogP contribution in [0.25, 0.3) is 0 Å². The molecule has 5 nitrogen and oxygen atoms in total. The first-order valence-corrected chi connectivity index (χ1v) is 6.25. The molecule has 0 aliphatic carbocycles. The lowest BCUT2D eigenvalue weighted by atomic mass is 10.1. The van der Waals surface area contributed by atoms with Crippen LogP contribution >= 0.6 is 0 Å². The van der Waals surface area contributed by atoms with Gasteiger partial charge in [0.05, 0.1) is 4.92 Å². The van der Waals surface area contributed by atoms with Gasteiger partial charge in [-0.1, -0.05) is 30.0 Å². The molecule has 0 heterocycles. The topological polar surface area (TPSA) is 72.6 Å². The minimum absolute atomic E-state index is 0.0246. The summed E-state index contributed by atoms with van der Waals surface area (Å²) >= 11 is 0. The zero-order valence-corrected chi connectivity index (χ0v) is 11.2. The fourth-order valence-corrected chi connectivity index (χ4v) is 1.73. The quantitative estimate of drug-likeness (QED) is 0.531. The number of hydrogen-bond donors (Lipinski definition) is 1. The Labute approximate surface area is 122 Å². The van der Waals surface area contributed by atoms with Gasteiger partial charge in [-0.15, -0.1) is 0 Å². The van der Waals surface area contributed by atoms with E-state index in [0.29, 0.717) is 12.4 Å².